The maximum atomic E-state index is 14.2. The van der Waals surface area contributed by atoms with Gasteiger partial charge in [-0.3, -0.25) is 0 Å². The number of imidazole rings is 1. The van der Waals surface area contributed by atoms with Crippen LogP contribution in [0.4, 0.5) is 10.2 Å². The molecule has 1 aromatic carbocycles. The fraction of sp³-hybridized carbons (Fsp3) is 0.136. The zero-order chi connectivity index (χ0) is 21.5. The van der Waals surface area contributed by atoms with Crippen molar-refractivity contribution in [1.82, 2.24) is 24.5 Å². The van der Waals surface area contributed by atoms with Crippen molar-refractivity contribution in [3.8, 4) is 34.2 Å². The number of anilines is 1. The highest BCUT2D eigenvalue weighted by molar-refractivity contribution is 5.72. The second-order valence-electron chi connectivity index (χ2n) is 7.16. The van der Waals surface area contributed by atoms with Gasteiger partial charge in [0.1, 0.15) is 24.3 Å². The van der Waals surface area contributed by atoms with Gasteiger partial charge in [0.05, 0.1) is 24.3 Å². The number of hydrogen-bond donors (Lipinski definition) is 1. The Bertz CT molecular complexity index is 1360. The smallest absolute Gasteiger partial charge is 0.166 e. The van der Waals surface area contributed by atoms with Gasteiger partial charge < -0.3 is 15.0 Å². The molecule has 0 radical (unpaired) electrons. The Labute approximate surface area is 176 Å². The van der Waals surface area contributed by atoms with Gasteiger partial charge in [-0.25, -0.2) is 24.3 Å². The quantitative estimate of drug-likeness (QED) is 0.469. The lowest BCUT2D eigenvalue weighted by Crippen LogP contribution is -2.11. The molecule has 0 aliphatic carbocycles. The van der Waals surface area contributed by atoms with E-state index in [0.29, 0.717) is 34.8 Å². The third-order valence-electron chi connectivity index (χ3n) is 5.26. The average Bonchev–Trinajstić information content (AvgIpc) is 3.17. The normalized spacial score (nSPS) is 14.7. The molecular formula is C22H16FN7O. The van der Waals surface area contributed by atoms with E-state index >= 15 is 0 Å². The van der Waals surface area contributed by atoms with Crippen molar-refractivity contribution < 1.29 is 9.13 Å². The van der Waals surface area contributed by atoms with Crippen molar-refractivity contribution in [2.24, 2.45) is 0 Å². The van der Waals surface area contributed by atoms with Gasteiger partial charge in [-0.05, 0) is 30.7 Å². The second-order valence-corrected chi connectivity index (χ2v) is 7.16. The summed E-state index contributed by atoms with van der Waals surface area (Å²) >= 11 is 0. The number of nitrogen functional groups attached to an aromatic ring is 1. The maximum Gasteiger partial charge on any atom is 0.166 e. The van der Waals surface area contributed by atoms with Crippen molar-refractivity contribution in [3.63, 3.8) is 0 Å². The summed E-state index contributed by atoms with van der Waals surface area (Å²) < 4.78 is 22.1. The molecular weight excluding hydrogens is 397 g/mol. The van der Waals surface area contributed by atoms with Gasteiger partial charge >= 0.3 is 0 Å². The minimum Gasteiger partial charge on any atom is -0.482 e. The zero-order valence-corrected chi connectivity index (χ0v) is 16.5. The van der Waals surface area contributed by atoms with Crippen molar-refractivity contribution in [2.45, 2.75) is 19.6 Å². The number of aromatic nitrogens is 5. The molecule has 4 heterocycles. The molecule has 0 saturated heterocycles. The molecule has 4 aromatic rings. The summed E-state index contributed by atoms with van der Waals surface area (Å²) in [6.07, 6.45) is 5.75. The first kappa shape index (κ1) is 18.7. The summed E-state index contributed by atoms with van der Waals surface area (Å²) in [5.74, 6) is 0.149. The number of nitrogens with two attached hydrogens (primary N) is 1. The summed E-state index contributed by atoms with van der Waals surface area (Å²) in [6, 6.07) is 8.35. The zero-order valence-electron chi connectivity index (χ0n) is 16.5. The van der Waals surface area contributed by atoms with Gasteiger partial charge in [0.15, 0.2) is 17.3 Å². The van der Waals surface area contributed by atoms with E-state index < -0.39 is 6.10 Å². The molecule has 0 fully saturated rings. The Morgan fingerprint density at radius 2 is 2.06 bits per heavy atom. The van der Waals surface area contributed by atoms with Crippen molar-refractivity contribution >= 4 is 5.82 Å². The summed E-state index contributed by atoms with van der Waals surface area (Å²) in [5.41, 5.74) is 10.3. The van der Waals surface area contributed by atoms with E-state index in [1.807, 2.05) is 11.5 Å². The van der Waals surface area contributed by atoms with Crippen molar-refractivity contribution in [3.05, 3.63) is 72.1 Å². The summed E-state index contributed by atoms with van der Waals surface area (Å²) in [4.78, 5) is 17.1. The number of nitriles is 1. The Kier molecular flexibility index (Phi) is 4.33. The third kappa shape index (κ3) is 3.14. The molecule has 0 spiro atoms. The number of hydrogen-bond acceptors (Lipinski definition) is 7. The molecule has 9 heteroatoms. The second kappa shape index (κ2) is 7.18. The highest BCUT2D eigenvalue weighted by atomic mass is 19.1. The van der Waals surface area contributed by atoms with E-state index in [9.17, 15) is 9.65 Å². The van der Waals surface area contributed by atoms with Crippen LogP contribution in [-0.4, -0.2) is 24.5 Å². The van der Waals surface area contributed by atoms with E-state index in [4.69, 9.17) is 10.5 Å². The molecule has 152 valence electrons. The number of pyridine rings is 1. The standard InChI is InChI=1S/C22H16FN7O/c1-12-16-5-14(23)2-3-15(16)17-8-26-10-28-19(17)9-30-11-29-18(6-24)21(30)13-4-20(31-12)22(25)27-7-13/h2-5,7-8,10-12H,9H2,1H3,(H2,25,27)/t12-/m1/s1. The minimum absolute atomic E-state index is 0.193. The first-order valence-corrected chi connectivity index (χ1v) is 9.51. The topological polar surface area (TPSA) is 116 Å². The van der Waals surface area contributed by atoms with Crippen LogP contribution in [0.25, 0.3) is 22.4 Å². The highest BCUT2D eigenvalue weighted by Gasteiger charge is 2.23. The monoisotopic (exact) mass is 413 g/mol. The summed E-state index contributed by atoms with van der Waals surface area (Å²) in [5, 5.41) is 9.59. The minimum atomic E-state index is -0.544. The fourth-order valence-corrected chi connectivity index (χ4v) is 3.80. The number of benzene rings is 1. The van der Waals surface area contributed by atoms with Crippen LogP contribution in [0, 0.1) is 17.1 Å². The number of fused-ring (bicyclic) bond motifs is 7. The van der Waals surface area contributed by atoms with Crippen LogP contribution in [0.5, 0.6) is 5.75 Å². The molecule has 1 aliphatic heterocycles. The molecule has 0 amide bonds. The van der Waals surface area contributed by atoms with Crippen LogP contribution in [0.1, 0.15) is 30.0 Å². The third-order valence-corrected chi connectivity index (χ3v) is 5.26. The lowest BCUT2D eigenvalue weighted by Gasteiger charge is -2.22. The molecule has 1 aliphatic rings. The van der Waals surface area contributed by atoms with Gasteiger partial charge in [0.25, 0.3) is 0 Å². The largest absolute Gasteiger partial charge is 0.482 e. The van der Waals surface area contributed by atoms with E-state index in [-0.39, 0.29) is 17.3 Å². The van der Waals surface area contributed by atoms with Gasteiger partial charge in [-0.2, -0.15) is 5.26 Å². The first-order chi connectivity index (χ1) is 15.0. The van der Waals surface area contributed by atoms with Crippen LogP contribution in [0.15, 0.2) is 49.3 Å². The van der Waals surface area contributed by atoms with Crippen molar-refractivity contribution in [1.29, 1.82) is 5.26 Å². The molecule has 31 heavy (non-hydrogen) atoms. The summed E-state index contributed by atoms with van der Waals surface area (Å²) in [7, 11) is 0. The molecule has 2 bridgehead atoms. The van der Waals surface area contributed by atoms with Crippen LogP contribution in [0.3, 0.4) is 0 Å². The van der Waals surface area contributed by atoms with Gasteiger partial charge in [0.2, 0.25) is 0 Å². The average molecular weight is 413 g/mol. The molecule has 8 nitrogen and oxygen atoms in total. The number of ether oxygens (including phenoxy) is 1. The van der Waals surface area contributed by atoms with Gasteiger partial charge in [-0.1, -0.05) is 6.07 Å². The van der Waals surface area contributed by atoms with E-state index in [0.717, 1.165) is 11.1 Å². The first-order valence-electron chi connectivity index (χ1n) is 9.51. The molecule has 3 aromatic heterocycles. The van der Waals surface area contributed by atoms with Gasteiger partial charge in [-0.15, -0.1) is 0 Å². The molecule has 2 N–H and O–H groups in total. The number of halogens is 1. The highest BCUT2D eigenvalue weighted by Crippen LogP contribution is 2.37. The van der Waals surface area contributed by atoms with E-state index in [2.05, 4.69) is 26.0 Å². The number of nitrogens with zero attached hydrogens (tertiary/aromatic N) is 6. The molecule has 0 saturated carbocycles. The summed E-state index contributed by atoms with van der Waals surface area (Å²) in [6.45, 7) is 2.14. The maximum absolute atomic E-state index is 14.2. The number of rotatable bonds is 0. The molecule has 1 atom stereocenters. The Morgan fingerprint density at radius 1 is 1.19 bits per heavy atom. The van der Waals surface area contributed by atoms with Gasteiger partial charge in [0, 0.05) is 29.1 Å². The predicted octanol–water partition coefficient (Wildman–Crippen LogP) is 3.50. The van der Waals surface area contributed by atoms with E-state index in [1.165, 1.54) is 18.5 Å². The molecule has 0 unspecified atom stereocenters. The van der Waals surface area contributed by atoms with Crippen LogP contribution < -0.4 is 10.5 Å². The molecule has 5 rings (SSSR count). The fourth-order valence-electron chi connectivity index (χ4n) is 3.80. The van der Waals surface area contributed by atoms with Crippen LogP contribution in [0.2, 0.25) is 0 Å². The van der Waals surface area contributed by atoms with E-state index in [1.54, 1.807) is 30.9 Å². The Morgan fingerprint density at radius 3 is 2.90 bits per heavy atom. The Balaban J connectivity index is 1.83. The lowest BCUT2D eigenvalue weighted by molar-refractivity contribution is 0.227. The van der Waals surface area contributed by atoms with Crippen LogP contribution >= 0.6 is 0 Å². The Hall–Kier alpha value is -4.32. The van der Waals surface area contributed by atoms with Crippen LogP contribution in [-0.2, 0) is 6.54 Å². The lowest BCUT2D eigenvalue weighted by atomic mass is 9.96. The van der Waals surface area contributed by atoms with Crippen molar-refractivity contribution in [2.75, 3.05) is 5.73 Å². The SMILES string of the molecule is C[C@H]1Oc2cc(cnc2N)-c2c(C#N)ncn2Cc2ncncc2-c2ccc(F)cc21. The predicted molar refractivity (Wildman–Crippen MR) is 110 cm³/mol.